The molecule has 0 heterocycles. The van der Waals surface area contributed by atoms with Gasteiger partial charge in [-0.1, -0.05) is 60.7 Å². The summed E-state index contributed by atoms with van der Waals surface area (Å²) in [6, 6.07) is 15.8. The molecule has 2 aromatic rings. The van der Waals surface area contributed by atoms with E-state index in [1.807, 2.05) is 60.7 Å². The second kappa shape index (κ2) is 7.00. The van der Waals surface area contributed by atoms with Gasteiger partial charge in [0.1, 0.15) is 0 Å². The fraction of sp³-hybridized carbons (Fsp3) is 0. The van der Waals surface area contributed by atoms with Gasteiger partial charge in [0.15, 0.2) is 0 Å². The monoisotopic (exact) mass is 264 g/mol. The highest BCUT2D eigenvalue weighted by molar-refractivity contribution is 5.70. The maximum atomic E-state index is 8.69. The molecule has 100 valence electrons. The zero-order chi connectivity index (χ0) is 14.2. The van der Waals surface area contributed by atoms with Gasteiger partial charge in [0.05, 0.1) is 12.5 Å². The van der Waals surface area contributed by atoms with Crippen molar-refractivity contribution in [3.05, 3.63) is 83.3 Å². The van der Waals surface area contributed by atoms with Gasteiger partial charge in [0.2, 0.25) is 0 Å². The fourth-order valence-corrected chi connectivity index (χ4v) is 1.80. The van der Waals surface area contributed by atoms with Crippen molar-refractivity contribution in [1.29, 1.82) is 0 Å². The third-order valence-electron chi connectivity index (χ3n) is 2.88. The summed E-state index contributed by atoms with van der Waals surface area (Å²) in [6.45, 7) is 0. The van der Waals surface area contributed by atoms with Crippen molar-refractivity contribution >= 4 is 24.3 Å². The Hall–Kier alpha value is -2.74. The van der Waals surface area contributed by atoms with Gasteiger partial charge in [0, 0.05) is 0 Å². The molecule has 2 N–H and O–H groups in total. The number of aliphatic hydroxyl groups is 2. The molecule has 2 nitrogen and oxygen atoms in total. The second-order valence-corrected chi connectivity index (χ2v) is 4.30. The third-order valence-corrected chi connectivity index (χ3v) is 2.88. The Morgan fingerprint density at radius 2 is 0.700 bits per heavy atom. The van der Waals surface area contributed by atoms with E-state index in [9.17, 15) is 0 Å². The molecule has 0 spiro atoms. The number of hydrogen-bond donors (Lipinski definition) is 2. The first kappa shape index (κ1) is 13.7. The summed E-state index contributed by atoms with van der Waals surface area (Å²) in [6.07, 6.45) is 9.41. The number of aliphatic hydroxyl groups excluding tert-OH is 2. The molecular formula is C18H16O2. The molecule has 0 saturated carbocycles. The second-order valence-electron chi connectivity index (χ2n) is 4.30. The average Bonchev–Trinajstić information content (AvgIpc) is 2.49. The van der Waals surface area contributed by atoms with E-state index in [4.69, 9.17) is 10.2 Å². The van der Waals surface area contributed by atoms with Crippen LogP contribution in [0.1, 0.15) is 22.3 Å². The Kier molecular flexibility index (Phi) is 4.79. The van der Waals surface area contributed by atoms with Crippen LogP contribution >= 0.6 is 0 Å². The van der Waals surface area contributed by atoms with E-state index in [1.54, 1.807) is 12.2 Å². The predicted octanol–water partition coefficient (Wildman–Crippen LogP) is 4.91. The van der Waals surface area contributed by atoms with Gasteiger partial charge in [-0.15, -0.1) is 0 Å². The average molecular weight is 264 g/mol. The number of benzene rings is 2. The van der Waals surface area contributed by atoms with Crippen LogP contribution in [0.25, 0.3) is 24.3 Å². The van der Waals surface area contributed by atoms with Gasteiger partial charge in [-0.25, -0.2) is 0 Å². The molecule has 0 radical (unpaired) electrons. The third kappa shape index (κ3) is 3.89. The van der Waals surface area contributed by atoms with E-state index in [0.717, 1.165) is 34.8 Å². The van der Waals surface area contributed by atoms with Gasteiger partial charge < -0.3 is 10.2 Å². The van der Waals surface area contributed by atoms with E-state index in [-0.39, 0.29) is 0 Å². The highest BCUT2D eigenvalue weighted by atomic mass is 16.2. The smallest absolute Gasteiger partial charge is 0.0797 e. The fourth-order valence-electron chi connectivity index (χ4n) is 1.80. The van der Waals surface area contributed by atoms with E-state index in [0.29, 0.717) is 0 Å². The van der Waals surface area contributed by atoms with Crippen molar-refractivity contribution in [2.24, 2.45) is 0 Å². The SMILES string of the molecule is OC=Cc1ccc(C=Cc2ccc(C=CO)cc2)cc1. The van der Waals surface area contributed by atoms with Gasteiger partial charge in [0.25, 0.3) is 0 Å². The summed E-state index contributed by atoms with van der Waals surface area (Å²) in [7, 11) is 0. The first-order valence-electron chi connectivity index (χ1n) is 6.31. The minimum Gasteiger partial charge on any atom is -0.516 e. The largest absolute Gasteiger partial charge is 0.516 e. The lowest BCUT2D eigenvalue weighted by atomic mass is 10.1. The molecule has 0 atom stereocenters. The quantitative estimate of drug-likeness (QED) is 0.608. The predicted molar refractivity (Wildman–Crippen MR) is 85.1 cm³/mol. The number of rotatable bonds is 4. The topological polar surface area (TPSA) is 40.5 Å². The van der Waals surface area contributed by atoms with Crippen molar-refractivity contribution in [2.45, 2.75) is 0 Å². The summed E-state index contributed by atoms with van der Waals surface area (Å²) in [5.74, 6) is 0. The van der Waals surface area contributed by atoms with Crippen molar-refractivity contribution in [1.82, 2.24) is 0 Å². The van der Waals surface area contributed by atoms with E-state index in [1.165, 1.54) is 0 Å². The normalized spacial score (nSPS) is 11.8. The Morgan fingerprint density at radius 3 is 0.950 bits per heavy atom. The van der Waals surface area contributed by atoms with E-state index < -0.39 is 0 Å². The van der Waals surface area contributed by atoms with Crippen LogP contribution in [0.4, 0.5) is 0 Å². The molecule has 2 rings (SSSR count). The molecule has 0 aliphatic heterocycles. The van der Waals surface area contributed by atoms with Crippen LogP contribution in [0.5, 0.6) is 0 Å². The van der Waals surface area contributed by atoms with Crippen LogP contribution < -0.4 is 0 Å². The van der Waals surface area contributed by atoms with E-state index in [2.05, 4.69) is 0 Å². The summed E-state index contributed by atoms with van der Waals surface area (Å²) < 4.78 is 0. The molecule has 20 heavy (non-hydrogen) atoms. The highest BCUT2D eigenvalue weighted by Crippen LogP contribution is 2.12. The van der Waals surface area contributed by atoms with Gasteiger partial charge >= 0.3 is 0 Å². The molecule has 0 aromatic heterocycles. The van der Waals surface area contributed by atoms with Crippen molar-refractivity contribution in [3.63, 3.8) is 0 Å². The molecule has 0 saturated heterocycles. The Bertz CT molecular complexity index is 560. The molecule has 0 aliphatic rings. The Balaban J connectivity index is 2.08. The lowest BCUT2D eigenvalue weighted by Crippen LogP contribution is -1.76. The summed E-state index contributed by atoms with van der Waals surface area (Å²) >= 11 is 0. The maximum absolute atomic E-state index is 8.69. The molecule has 0 unspecified atom stereocenters. The van der Waals surface area contributed by atoms with Crippen molar-refractivity contribution < 1.29 is 10.2 Å². The molecule has 0 fully saturated rings. The minimum absolute atomic E-state index is 0.963. The lowest BCUT2D eigenvalue weighted by molar-refractivity contribution is 0.477. The lowest BCUT2D eigenvalue weighted by Gasteiger charge is -1.97. The molecule has 0 bridgehead atoms. The zero-order valence-corrected chi connectivity index (χ0v) is 11.0. The summed E-state index contributed by atoms with van der Waals surface area (Å²) in [5, 5.41) is 17.4. The zero-order valence-electron chi connectivity index (χ0n) is 11.0. The Morgan fingerprint density at radius 1 is 0.450 bits per heavy atom. The van der Waals surface area contributed by atoms with Gasteiger partial charge in [-0.05, 0) is 34.4 Å². The maximum Gasteiger partial charge on any atom is 0.0797 e. The van der Waals surface area contributed by atoms with E-state index >= 15 is 0 Å². The summed E-state index contributed by atoms with van der Waals surface area (Å²) in [4.78, 5) is 0. The standard InChI is InChI=1S/C18H16O2/c19-13-11-17-7-3-15(4-8-17)1-2-16-5-9-18(10-6-16)12-14-20/h1-14,19-20H. The number of hydrogen-bond acceptors (Lipinski definition) is 2. The van der Waals surface area contributed by atoms with Crippen molar-refractivity contribution in [3.8, 4) is 0 Å². The van der Waals surface area contributed by atoms with Crippen LogP contribution in [0, 0.1) is 0 Å². The first-order chi connectivity index (χ1) is 9.81. The van der Waals surface area contributed by atoms with Gasteiger partial charge in [-0.2, -0.15) is 0 Å². The molecule has 0 amide bonds. The minimum atomic E-state index is 0.963. The van der Waals surface area contributed by atoms with Crippen LogP contribution in [-0.4, -0.2) is 10.2 Å². The van der Waals surface area contributed by atoms with Gasteiger partial charge in [-0.3, -0.25) is 0 Å². The molecule has 2 heteroatoms. The van der Waals surface area contributed by atoms with Crippen molar-refractivity contribution in [2.75, 3.05) is 0 Å². The molecule has 0 aliphatic carbocycles. The Labute approximate surface area is 118 Å². The van der Waals surface area contributed by atoms with Crippen LogP contribution in [0.2, 0.25) is 0 Å². The van der Waals surface area contributed by atoms with Crippen LogP contribution in [0.15, 0.2) is 61.1 Å². The molecule has 2 aromatic carbocycles. The summed E-state index contributed by atoms with van der Waals surface area (Å²) in [5.41, 5.74) is 4.12. The molecular weight excluding hydrogens is 248 g/mol. The van der Waals surface area contributed by atoms with Crippen LogP contribution in [0.3, 0.4) is 0 Å². The van der Waals surface area contributed by atoms with Crippen LogP contribution in [-0.2, 0) is 0 Å². The first-order valence-corrected chi connectivity index (χ1v) is 6.31. The highest BCUT2D eigenvalue weighted by Gasteiger charge is 1.91.